The van der Waals surface area contributed by atoms with Crippen LogP contribution < -0.4 is 0 Å². The SMILES string of the molecule is CC(c1ccc(F)cc1)N1CCC[C@H]1C(=O)O. The highest BCUT2D eigenvalue weighted by atomic mass is 19.1. The van der Waals surface area contributed by atoms with E-state index in [-0.39, 0.29) is 11.9 Å². The first-order valence-electron chi connectivity index (χ1n) is 5.83. The van der Waals surface area contributed by atoms with Gasteiger partial charge in [0.1, 0.15) is 11.9 Å². The Morgan fingerprint density at radius 2 is 2.12 bits per heavy atom. The van der Waals surface area contributed by atoms with Crippen LogP contribution in [-0.4, -0.2) is 28.6 Å². The van der Waals surface area contributed by atoms with Gasteiger partial charge in [0.2, 0.25) is 0 Å². The summed E-state index contributed by atoms with van der Waals surface area (Å²) in [6.45, 7) is 2.75. The molecule has 1 aromatic carbocycles. The lowest BCUT2D eigenvalue weighted by Crippen LogP contribution is -2.37. The number of likely N-dealkylation sites (tertiary alicyclic amines) is 1. The largest absolute Gasteiger partial charge is 0.480 e. The predicted molar refractivity (Wildman–Crippen MR) is 62.2 cm³/mol. The van der Waals surface area contributed by atoms with Crippen LogP contribution in [0.1, 0.15) is 31.4 Å². The molecule has 4 heteroatoms. The fourth-order valence-electron chi connectivity index (χ4n) is 2.45. The Labute approximate surface area is 99.9 Å². The van der Waals surface area contributed by atoms with E-state index in [4.69, 9.17) is 5.11 Å². The molecule has 0 aliphatic carbocycles. The molecule has 1 aliphatic heterocycles. The molecule has 1 aliphatic rings. The third-order valence-electron chi connectivity index (χ3n) is 3.43. The molecule has 0 bridgehead atoms. The van der Waals surface area contributed by atoms with Crippen LogP contribution in [0.2, 0.25) is 0 Å². The number of hydrogen-bond donors (Lipinski definition) is 1. The Bertz CT molecular complexity index is 404. The molecule has 2 atom stereocenters. The maximum atomic E-state index is 12.8. The zero-order valence-corrected chi connectivity index (χ0v) is 9.77. The van der Waals surface area contributed by atoms with Crippen LogP contribution in [0.3, 0.4) is 0 Å². The van der Waals surface area contributed by atoms with Gasteiger partial charge in [-0.15, -0.1) is 0 Å². The maximum Gasteiger partial charge on any atom is 0.320 e. The highest BCUT2D eigenvalue weighted by Crippen LogP contribution is 2.29. The van der Waals surface area contributed by atoms with Gasteiger partial charge < -0.3 is 5.11 Å². The van der Waals surface area contributed by atoms with Gasteiger partial charge >= 0.3 is 5.97 Å². The summed E-state index contributed by atoms with van der Waals surface area (Å²) in [4.78, 5) is 13.1. The molecule has 1 unspecified atom stereocenters. The zero-order valence-electron chi connectivity index (χ0n) is 9.77. The molecule has 0 amide bonds. The first-order chi connectivity index (χ1) is 8.09. The number of carboxylic acids is 1. The van der Waals surface area contributed by atoms with Crippen molar-refractivity contribution in [2.24, 2.45) is 0 Å². The van der Waals surface area contributed by atoms with Crippen molar-refractivity contribution in [1.29, 1.82) is 0 Å². The molecule has 3 nitrogen and oxygen atoms in total. The van der Waals surface area contributed by atoms with Crippen LogP contribution in [0.15, 0.2) is 24.3 Å². The van der Waals surface area contributed by atoms with Crippen LogP contribution >= 0.6 is 0 Å². The van der Waals surface area contributed by atoms with Gasteiger partial charge in [-0.2, -0.15) is 0 Å². The van der Waals surface area contributed by atoms with E-state index >= 15 is 0 Å². The number of rotatable bonds is 3. The molecule has 1 aromatic rings. The van der Waals surface area contributed by atoms with Gasteiger partial charge in [0.25, 0.3) is 0 Å². The van der Waals surface area contributed by atoms with Crippen LogP contribution in [0.5, 0.6) is 0 Å². The van der Waals surface area contributed by atoms with E-state index in [1.807, 2.05) is 11.8 Å². The third kappa shape index (κ3) is 2.47. The van der Waals surface area contributed by atoms with E-state index in [0.29, 0.717) is 6.42 Å². The second kappa shape index (κ2) is 4.84. The monoisotopic (exact) mass is 237 g/mol. The molecule has 1 fully saturated rings. The number of hydrogen-bond acceptors (Lipinski definition) is 2. The van der Waals surface area contributed by atoms with E-state index in [1.165, 1.54) is 12.1 Å². The van der Waals surface area contributed by atoms with Crippen molar-refractivity contribution in [3.8, 4) is 0 Å². The summed E-state index contributed by atoms with van der Waals surface area (Å²) in [6.07, 6.45) is 1.60. The highest BCUT2D eigenvalue weighted by molar-refractivity contribution is 5.73. The number of halogens is 1. The van der Waals surface area contributed by atoms with Crippen molar-refractivity contribution in [2.45, 2.75) is 31.8 Å². The molecule has 0 spiro atoms. The predicted octanol–water partition coefficient (Wildman–Crippen LogP) is 2.44. The molecule has 0 saturated carbocycles. The van der Waals surface area contributed by atoms with E-state index < -0.39 is 12.0 Å². The lowest BCUT2D eigenvalue weighted by Gasteiger charge is -2.28. The molecule has 0 aromatic heterocycles. The number of aliphatic carboxylic acids is 1. The van der Waals surface area contributed by atoms with Crippen LogP contribution in [0.4, 0.5) is 4.39 Å². The molecule has 2 rings (SSSR count). The van der Waals surface area contributed by atoms with Crippen LogP contribution in [-0.2, 0) is 4.79 Å². The summed E-state index contributed by atoms with van der Waals surface area (Å²) in [5.41, 5.74) is 0.958. The molecule has 17 heavy (non-hydrogen) atoms. The quantitative estimate of drug-likeness (QED) is 0.877. The van der Waals surface area contributed by atoms with E-state index in [0.717, 1.165) is 18.5 Å². The second-order valence-corrected chi connectivity index (χ2v) is 4.46. The minimum absolute atomic E-state index is 0.0131. The zero-order chi connectivity index (χ0) is 12.4. The van der Waals surface area contributed by atoms with Crippen LogP contribution in [0.25, 0.3) is 0 Å². The normalized spacial score (nSPS) is 22.6. The van der Waals surface area contributed by atoms with Gasteiger partial charge in [0.05, 0.1) is 0 Å². The Morgan fingerprint density at radius 1 is 1.47 bits per heavy atom. The molecular weight excluding hydrogens is 221 g/mol. The third-order valence-corrected chi connectivity index (χ3v) is 3.43. The van der Waals surface area contributed by atoms with Crippen molar-refractivity contribution in [2.75, 3.05) is 6.54 Å². The average molecular weight is 237 g/mol. The Kier molecular flexibility index (Phi) is 3.43. The standard InChI is InChI=1S/C13H16FNO2/c1-9(10-4-6-11(14)7-5-10)15-8-2-3-12(15)13(16)17/h4-7,9,12H,2-3,8H2,1H3,(H,16,17)/t9?,12-/m0/s1. The maximum absolute atomic E-state index is 12.8. The minimum atomic E-state index is -0.767. The molecule has 1 N–H and O–H groups in total. The summed E-state index contributed by atoms with van der Waals surface area (Å²) < 4.78 is 12.8. The smallest absolute Gasteiger partial charge is 0.320 e. The first-order valence-corrected chi connectivity index (χ1v) is 5.83. The molecule has 1 saturated heterocycles. The first kappa shape index (κ1) is 12.0. The van der Waals surface area contributed by atoms with Gasteiger partial charge in [-0.05, 0) is 44.0 Å². The molecule has 92 valence electrons. The summed E-state index contributed by atoms with van der Waals surface area (Å²) >= 11 is 0. The Hall–Kier alpha value is -1.42. The van der Waals surface area contributed by atoms with Crippen molar-refractivity contribution < 1.29 is 14.3 Å². The summed E-state index contributed by atoms with van der Waals surface area (Å²) in [5.74, 6) is -1.03. The number of carbonyl (C=O) groups is 1. The minimum Gasteiger partial charge on any atom is -0.480 e. The van der Waals surface area contributed by atoms with Crippen molar-refractivity contribution in [1.82, 2.24) is 4.90 Å². The highest BCUT2D eigenvalue weighted by Gasteiger charge is 2.33. The van der Waals surface area contributed by atoms with Gasteiger partial charge in [0.15, 0.2) is 0 Å². The van der Waals surface area contributed by atoms with E-state index in [1.54, 1.807) is 12.1 Å². The van der Waals surface area contributed by atoms with Gasteiger partial charge in [-0.3, -0.25) is 9.69 Å². The van der Waals surface area contributed by atoms with Gasteiger partial charge in [-0.25, -0.2) is 4.39 Å². The fourth-order valence-corrected chi connectivity index (χ4v) is 2.45. The molecule has 0 radical (unpaired) electrons. The average Bonchev–Trinajstić information content (AvgIpc) is 2.78. The number of nitrogens with zero attached hydrogens (tertiary/aromatic N) is 1. The molecular formula is C13H16FNO2. The van der Waals surface area contributed by atoms with Crippen molar-refractivity contribution in [3.05, 3.63) is 35.6 Å². The molecule has 1 heterocycles. The van der Waals surface area contributed by atoms with Crippen molar-refractivity contribution >= 4 is 5.97 Å². The number of carboxylic acid groups (broad SMARTS) is 1. The van der Waals surface area contributed by atoms with Crippen molar-refractivity contribution in [3.63, 3.8) is 0 Å². The Morgan fingerprint density at radius 3 is 2.71 bits per heavy atom. The summed E-state index contributed by atoms with van der Waals surface area (Å²) in [7, 11) is 0. The Balaban J connectivity index is 2.16. The van der Waals surface area contributed by atoms with Crippen LogP contribution in [0, 0.1) is 5.82 Å². The lowest BCUT2D eigenvalue weighted by molar-refractivity contribution is -0.142. The second-order valence-electron chi connectivity index (χ2n) is 4.46. The van der Waals surface area contributed by atoms with Gasteiger partial charge in [-0.1, -0.05) is 12.1 Å². The van der Waals surface area contributed by atoms with E-state index in [2.05, 4.69) is 0 Å². The summed E-state index contributed by atoms with van der Waals surface area (Å²) in [6, 6.07) is 5.87. The lowest BCUT2D eigenvalue weighted by atomic mass is 10.1. The fraction of sp³-hybridized carbons (Fsp3) is 0.462. The summed E-state index contributed by atoms with van der Waals surface area (Å²) in [5, 5.41) is 9.12. The topological polar surface area (TPSA) is 40.5 Å². The number of benzene rings is 1. The van der Waals surface area contributed by atoms with Gasteiger partial charge in [0, 0.05) is 6.04 Å². The van der Waals surface area contributed by atoms with E-state index in [9.17, 15) is 9.18 Å².